The van der Waals surface area contributed by atoms with Gasteiger partial charge in [0.25, 0.3) is 0 Å². The molecule has 4 heteroatoms. The molecule has 2 unspecified atom stereocenters. The zero-order valence-electron chi connectivity index (χ0n) is 10.7. The van der Waals surface area contributed by atoms with Crippen LogP contribution in [0.3, 0.4) is 0 Å². The smallest absolute Gasteiger partial charge is 0.238 e. The lowest BCUT2D eigenvalue weighted by atomic mass is 9.82. The minimum Gasteiger partial charge on any atom is -0.508 e. The monoisotopic (exact) mass is 257 g/mol. The molecule has 1 saturated heterocycles. The molecule has 1 aromatic carbocycles. The van der Waals surface area contributed by atoms with E-state index in [2.05, 4.69) is 0 Å². The number of hydrogen-bond donors (Lipinski definition) is 1. The number of nitrogens with zero attached hydrogens (tertiary/aromatic N) is 1. The van der Waals surface area contributed by atoms with Crippen molar-refractivity contribution in [3.05, 3.63) is 35.9 Å². The predicted molar refractivity (Wildman–Crippen MR) is 70.6 cm³/mol. The van der Waals surface area contributed by atoms with Gasteiger partial charge in [-0.3, -0.25) is 14.5 Å². The number of phenols is 1. The number of phenolic OH excluding ortho intramolecular Hbond substituents is 1. The van der Waals surface area contributed by atoms with Crippen molar-refractivity contribution in [2.75, 3.05) is 4.90 Å². The minimum atomic E-state index is -0.218. The molecule has 3 rings (SSSR count). The van der Waals surface area contributed by atoms with Gasteiger partial charge in [-0.15, -0.1) is 0 Å². The number of aromatic hydroxyl groups is 1. The molecule has 1 N–H and O–H groups in total. The van der Waals surface area contributed by atoms with Crippen molar-refractivity contribution in [2.24, 2.45) is 11.8 Å². The lowest BCUT2D eigenvalue weighted by Gasteiger charge is -2.18. The molecule has 19 heavy (non-hydrogen) atoms. The summed E-state index contributed by atoms with van der Waals surface area (Å²) in [5.41, 5.74) is 1.72. The number of carbonyl (C=O) groups excluding carboxylic acids is 2. The number of benzene rings is 1. The predicted octanol–water partition coefficient (Wildman–Crippen LogP) is 2.24. The van der Waals surface area contributed by atoms with Crippen LogP contribution in [0.2, 0.25) is 0 Å². The third-order valence-electron chi connectivity index (χ3n) is 3.93. The van der Waals surface area contributed by atoms with E-state index < -0.39 is 0 Å². The Hall–Kier alpha value is -2.10. The summed E-state index contributed by atoms with van der Waals surface area (Å²) < 4.78 is 0. The molecular formula is C15H15NO3. The first-order valence-electron chi connectivity index (χ1n) is 6.40. The van der Waals surface area contributed by atoms with Crippen molar-refractivity contribution >= 4 is 17.5 Å². The summed E-state index contributed by atoms with van der Waals surface area (Å²) in [5, 5.41) is 9.28. The molecule has 0 spiro atoms. The van der Waals surface area contributed by atoms with Gasteiger partial charge in [0.2, 0.25) is 11.8 Å². The molecule has 2 aliphatic rings. The van der Waals surface area contributed by atoms with E-state index in [0.29, 0.717) is 18.5 Å². The van der Waals surface area contributed by atoms with Gasteiger partial charge < -0.3 is 5.11 Å². The molecule has 0 saturated carbocycles. The average Bonchev–Trinajstić information content (AvgIpc) is 2.63. The maximum Gasteiger partial charge on any atom is 0.238 e. The van der Waals surface area contributed by atoms with Gasteiger partial charge in [-0.2, -0.15) is 0 Å². The largest absolute Gasteiger partial charge is 0.508 e. The Morgan fingerprint density at radius 2 is 1.74 bits per heavy atom. The van der Waals surface area contributed by atoms with E-state index in [4.69, 9.17) is 0 Å². The summed E-state index contributed by atoms with van der Waals surface area (Å²) >= 11 is 0. The zero-order chi connectivity index (χ0) is 13.6. The van der Waals surface area contributed by atoms with Gasteiger partial charge in [-0.05, 0) is 44.0 Å². The quantitative estimate of drug-likeness (QED) is 0.620. The lowest BCUT2D eigenvalue weighted by molar-refractivity contribution is -0.122. The normalized spacial score (nSPS) is 26.4. The van der Waals surface area contributed by atoms with Gasteiger partial charge in [-0.1, -0.05) is 11.6 Å². The molecule has 0 radical (unpaired) electrons. The van der Waals surface area contributed by atoms with Crippen LogP contribution in [0, 0.1) is 11.8 Å². The van der Waals surface area contributed by atoms with E-state index in [0.717, 1.165) is 0 Å². The highest BCUT2D eigenvalue weighted by atomic mass is 16.3. The molecule has 1 aliphatic heterocycles. The van der Waals surface area contributed by atoms with Crippen molar-refractivity contribution in [2.45, 2.75) is 19.8 Å². The highest BCUT2D eigenvalue weighted by Crippen LogP contribution is 2.39. The Morgan fingerprint density at radius 1 is 1.11 bits per heavy atom. The van der Waals surface area contributed by atoms with E-state index in [1.54, 1.807) is 12.1 Å². The maximum atomic E-state index is 12.4. The lowest BCUT2D eigenvalue weighted by Crippen LogP contribution is -2.30. The van der Waals surface area contributed by atoms with E-state index in [1.165, 1.54) is 22.6 Å². The van der Waals surface area contributed by atoms with Crippen LogP contribution in [-0.4, -0.2) is 16.9 Å². The Kier molecular flexibility index (Phi) is 2.66. The summed E-state index contributed by atoms with van der Waals surface area (Å²) in [5.74, 6) is -0.549. The fourth-order valence-corrected chi connectivity index (χ4v) is 2.89. The number of amides is 2. The molecule has 1 fully saturated rings. The number of anilines is 1. The van der Waals surface area contributed by atoms with Crippen LogP contribution in [0.15, 0.2) is 35.9 Å². The molecular weight excluding hydrogens is 242 g/mol. The van der Waals surface area contributed by atoms with Crippen molar-refractivity contribution < 1.29 is 14.7 Å². The summed E-state index contributed by atoms with van der Waals surface area (Å²) in [6.07, 6.45) is 3.37. The summed E-state index contributed by atoms with van der Waals surface area (Å²) in [6, 6.07) is 6.17. The third kappa shape index (κ3) is 1.84. The number of rotatable bonds is 1. The number of hydrogen-bond acceptors (Lipinski definition) is 3. The fourth-order valence-electron chi connectivity index (χ4n) is 2.89. The molecule has 4 nitrogen and oxygen atoms in total. The standard InChI is InChI=1S/C15H15NO3/c1-9-2-7-12-13(8-9)15(19)16(14(12)18)10-3-5-11(17)6-4-10/h2-6,12-13,17H,7-8H2,1H3. The Morgan fingerprint density at radius 3 is 2.42 bits per heavy atom. The van der Waals surface area contributed by atoms with Crippen LogP contribution in [0.1, 0.15) is 19.8 Å². The van der Waals surface area contributed by atoms with Gasteiger partial charge in [0.1, 0.15) is 5.75 Å². The van der Waals surface area contributed by atoms with Crippen molar-refractivity contribution in [1.82, 2.24) is 0 Å². The van der Waals surface area contributed by atoms with Crippen LogP contribution >= 0.6 is 0 Å². The second kappa shape index (κ2) is 4.23. The first-order valence-corrected chi connectivity index (χ1v) is 6.40. The number of allylic oxidation sites excluding steroid dienone is 2. The number of imide groups is 1. The molecule has 1 aromatic rings. The van der Waals surface area contributed by atoms with Crippen molar-refractivity contribution in [3.63, 3.8) is 0 Å². The molecule has 0 bridgehead atoms. The van der Waals surface area contributed by atoms with E-state index in [-0.39, 0.29) is 29.4 Å². The van der Waals surface area contributed by atoms with Crippen LogP contribution < -0.4 is 4.90 Å². The molecule has 1 aliphatic carbocycles. The topological polar surface area (TPSA) is 57.6 Å². The highest BCUT2D eigenvalue weighted by Gasteiger charge is 2.48. The second-order valence-electron chi connectivity index (χ2n) is 5.23. The Balaban J connectivity index is 1.95. The van der Waals surface area contributed by atoms with Crippen LogP contribution in [0.5, 0.6) is 5.75 Å². The van der Waals surface area contributed by atoms with Gasteiger partial charge in [0.05, 0.1) is 17.5 Å². The van der Waals surface area contributed by atoms with Crippen LogP contribution in [0.4, 0.5) is 5.69 Å². The van der Waals surface area contributed by atoms with Crippen LogP contribution in [0.25, 0.3) is 0 Å². The summed E-state index contributed by atoms with van der Waals surface area (Å²) in [6.45, 7) is 2.00. The Labute approximate surface area is 111 Å². The zero-order valence-corrected chi connectivity index (χ0v) is 10.7. The Bertz CT molecular complexity index is 574. The van der Waals surface area contributed by atoms with Gasteiger partial charge >= 0.3 is 0 Å². The van der Waals surface area contributed by atoms with Crippen molar-refractivity contribution in [1.29, 1.82) is 0 Å². The molecule has 98 valence electrons. The third-order valence-corrected chi connectivity index (χ3v) is 3.93. The maximum absolute atomic E-state index is 12.4. The first-order chi connectivity index (χ1) is 9.08. The molecule has 0 aromatic heterocycles. The van der Waals surface area contributed by atoms with E-state index in [9.17, 15) is 14.7 Å². The second-order valence-corrected chi connectivity index (χ2v) is 5.23. The van der Waals surface area contributed by atoms with Crippen LogP contribution in [-0.2, 0) is 9.59 Å². The average molecular weight is 257 g/mol. The van der Waals surface area contributed by atoms with E-state index >= 15 is 0 Å². The summed E-state index contributed by atoms with van der Waals surface area (Å²) in [4.78, 5) is 26.0. The number of fused-ring (bicyclic) bond motifs is 1. The molecule has 2 atom stereocenters. The molecule has 1 heterocycles. The fraction of sp³-hybridized carbons (Fsp3) is 0.333. The number of carbonyl (C=O) groups is 2. The van der Waals surface area contributed by atoms with Gasteiger partial charge in [0.15, 0.2) is 0 Å². The summed E-state index contributed by atoms with van der Waals surface area (Å²) in [7, 11) is 0. The SMILES string of the molecule is CC1=CCC2C(=O)N(c3ccc(O)cc3)C(=O)C2C1. The van der Waals surface area contributed by atoms with Gasteiger partial charge in [0, 0.05) is 0 Å². The van der Waals surface area contributed by atoms with Gasteiger partial charge in [-0.25, -0.2) is 0 Å². The van der Waals surface area contributed by atoms with E-state index in [1.807, 2.05) is 13.0 Å². The van der Waals surface area contributed by atoms with Crippen molar-refractivity contribution in [3.8, 4) is 5.75 Å². The first kappa shape index (κ1) is 12.0. The minimum absolute atomic E-state index is 0.117. The molecule has 2 amide bonds. The highest BCUT2D eigenvalue weighted by molar-refractivity contribution is 6.22.